The van der Waals surface area contributed by atoms with Gasteiger partial charge in [-0.1, -0.05) is 13.8 Å². The van der Waals surface area contributed by atoms with Crippen LogP contribution in [0.5, 0.6) is 0 Å². The normalized spacial score (nSPS) is 12.3. The molecule has 0 aliphatic carbocycles. The number of aryl methyl sites for hydroxylation is 2. The van der Waals surface area contributed by atoms with Gasteiger partial charge < -0.3 is 14.4 Å². The first-order valence-electron chi connectivity index (χ1n) is 7.94. The van der Waals surface area contributed by atoms with Crippen LogP contribution in [-0.4, -0.2) is 36.4 Å². The minimum Gasteiger partial charge on any atom is -0.632 e. The second kappa shape index (κ2) is 6.29. The van der Waals surface area contributed by atoms with Crippen molar-refractivity contribution < 1.29 is 4.65 Å². The van der Waals surface area contributed by atoms with E-state index in [1.54, 1.807) is 18.7 Å². The first-order valence-corrected chi connectivity index (χ1v) is 7.94. The van der Waals surface area contributed by atoms with Crippen molar-refractivity contribution in [2.75, 3.05) is 13.1 Å². The molecule has 8 nitrogen and oxygen atoms in total. The van der Waals surface area contributed by atoms with Gasteiger partial charge in [-0.05, 0) is 12.8 Å². The van der Waals surface area contributed by atoms with Gasteiger partial charge in [0, 0.05) is 21.1 Å². The quantitative estimate of drug-likeness (QED) is 0.576. The van der Waals surface area contributed by atoms with Gasteiger partial charge in [-0.15, -0.1) is 0 Å². The lowest BCUT2D eigenvalue weighted by Gasteiger charge is -2.42. The van der Waals surface area contributed by atoms with E-state index in [0.29, 0.717) is 30.1 Å². The average molecular weight is 323 g/mol. The number of hydrogen-bond donors (Lipinski definition) is 0. The molecule has 0 fully saturated rings. The van der Waals surface area contributed by atoms with Crippen LogP contribution in [0.2, 0.25) is 0 Å². The molecule has 2 aromatic rings. The molecule has 0 radical (unpaired) electrons. The number of aromatic nitrogens is 4. The van der Waals surface area contributed by atoms with E-state index in [4.69, 9.17) is 0 Å². The van der Waals surface area contributed by atoms with Crippen LogP contribution >= 0.6 is 0 Å². The Hall–Kier alpha value is -1.93. The third-order valence-electron chi connectivity index (χ3n) is 4.26. The van der Waals surface area contributed by atoms with Crippen LogP contribution in [0.3, 0.4) is 0 Å². The summed E-state index contributed by atoms with van der Waals surface area (Å²) in [6.45, 7) is 5.18. The van der Waals surface area contributed by atoms with Crippen molar-refractivity contribution >= 4 is 11.2 Å². The van der Waals surface area contributed by atoms with Crippen LogP contribution < -0.4 is 11.2 Å². The minimum absolute atomic E-state index is 0.199. The highest BCUT2D eigenvalue weighted by Crippen LogP contribution is 2.17. The molecular weight excluding hydrogens is 298 g/mol. The van der Waals surface area contributed by atoms with E-state index < -0.39 is 5.69 Å². The number of imidazole rings is 1. The Morgan fingerprint density at radius 2 is 1.57 bits per heavy atom. The average Bonchev–Trinajstić information content (AvgIpc) is 2.80. The van der Waals surface area contributed by atoms with Crippen LogP contribution in [0.1, 0.15) is 32.5 Å². The predicted octanol–water partition coefficient (Wildman–Crippen LogP) is 0.605. The monoisotopic (exact) mass is 323 g/mol. The number of nitrogens with zero attached hydrogens (tertiary/aromatic N) is 5. The molecule has 2 aromatic heterocycles. The summed E-state index contributed by atoms with van der Waals surface area (Å²) < 4.78 is 3.69. The summed E-state index contributed by atoms with van der Waals surface area (Å²) in [5.74, 6) is 0.537. The summed E-state index contributed by atoms with van der Waals surface area (Å²) >= 11 is 0. The van der Waals surface area contributed by atoms with Crippen LogP contribution in [0.15, 0.2) is 9.59 Å². The van der Waals surface area contributed by atoms with Gasteiger partial charge in [-0.3, -0.25) is 13.9 Å². The Balaban J connectivity index is 2.62. The zero-order valence-corrected chi connectivity index (χ0v) is 14.5. The second-order valence-corrected chi connectivity index (χ2v) is 6.13. The van der Waals surface area contributed by atoms with E-state index in [9.17, 15) is 14.8 Å². The van der Waals surface area contributed by atoms with Crippen molar-refractivity contribution in [3.05, 3.63) is 31.9 Å². The summed E-state index contributed by atoms with van der Waals surface area (Å²) in [7, 11) is 4.75. The lowest BCUT2D eigenvalue weighted by molar-refractivity contribution is -0.894. The first-order chi connectivity index (χ1) is 10.8. The molecule has 2 rings (SSSR count). The SMILES string of the molecule is CCC[N+]([O-])(CCC)Cc1nc2c(c(=O)n(C)c(=O)n2C)n1C. The molecular formula is C15H25N5O3. The number of hydrogen-bond acceptors (Lipinski definition) is 4. The van der Waals surface area contributed by atoms with Crippen LogP contribution in [0, 0.1) is 5.21 Å². The van der Waals surface area contributed by atoms with Crippen molar-refractivity contribution in [3.8, 4) is 0 Å². The Bertz CT molecular complexity index is 824. The number of hydroxylamine groups is 3. The Morgan fingerprint density at radius 3 is 2.09 bits per heavy atom. The molecule has 0 saturated carbocycles. The molecule has 0 amide bonds. The maximum absolute atomic E-state index is 12.9. The Labute approximate surface area is 134 Å². The van der Waals surface area contributed by atoms with Gasteiger partial charge >= 0.3 is 5.69 Å². The van der Waals surface area contributed by atoms with Crippen LogP contribution in [-0.2, 0) is 27.7 Å². The first kappa shape index (κ1) is 17.4. The third-order valence-corrected chi connectivity index (χ3v) is 4.26. The van der Waals surface area contributed by atoms with Gasteiger partial charge in [-0.2, -0.15) is 0 Å². The van der Waals surface area contributed by atoms with E-state index in [2.05, 4.69) is 4.98 Å². The van der Waals surface area contributed by atoms with Gasteiger partial charge in [0.1, 0.15) is 6.54 Å². The van der Waals surface area contributed by atoms with E-state index >= 15 is 0 Å². The lowest BCUT2D eigenvalue weighted by atomic mass is 10.3. The van der Waals surface area contributed by atoms with Gasteiger partial charge in [0.25, 0.3) is 5.56 Å². The van der Waals surface area contributed by atoms with Crippen LogP contribution in [0.25, 0.3) is 11.2 Å². The van der Waals surface area contributed by atoms with Gasteiger partial charge in [-0.25, -0.2) is 9.78 Å². The highest BCUT2D eigenvalue weighted by molar-refractivity contribution is 5.70. The molecule has 0 aromatic carbocycles. The second-order valence-electron chi connectivity index (χ2n) is 6.13. The maximum atomic E-state index is 12.9. The molecule has 0 unspecified atom stereocenters. The highest BCUT2D eigenvalue weighted by atomic mass is 16.5. The maximum Gasteiger partial charge on any atom is 0.332 e. The Kier molecular flexibility index (Phi) is 4.76. The van der Waals surface area contributed by atoms with Gasteiger partial charge in [0.05, 0.1) is 13.1 Å². The lowest BCUT2D eigenvalue weighted by Crippen LogP contribution is -2.43. The fourth-order valence-electron chi connectivity index (χ4n) is 3.05. The minimum atomic E-state index is -0.419. The molecule has 0 atom stereocenters. The van der Waals surface area contributed by atoms with Gasteiger partial charge in [0.2, 0.25) is 0 Å². The molecule has 0 spiro atoms. The number of rotatable bonds is 6. The van der Waals surface area contributed by atoms with Crippen molar-refractivity contribution in [2.45, 2.75) is 33.2 Å². The molecule has 0 saturated heterocycles. The van der Waals surface area contributed by atoms with Gasteiger partial charge in [0.15, 0.2) is 17.0 Å². The van der Waals surface area contributed by atoms with Crippen molar-refractivity contribution in [3.63, 3.8) is 0 Å². The molecule has 2 heterocycles. The smallest absolute Gasteiger partial charge is 0.332 e. The summed E-state index contributed by atoms with van der Waals surface area (Å²) in [5.41, 5.74) is -0.129. The zero-order chi connectivity index (χ0) is 17.4. The molecule has 8 heteroatoms. The summed E-state index contributed by atoms with van der Waals surface area (Å²) in [6.07, 6.45) is 1.57. The summed E-state index contributed by atoms with van der Waals surface area (Å²) in [4.78, 5) is 28.8. The summed E-state index contributed by atoms with van der Waals surface area (Å²) in [5, 5.41) is 12.9. The largest absolute Gasteiger partial charge is 0.632 e. The van der Waals surface area contributed by atoms with Crippen molar-refractivity contribution in [2.24, 2.45) is 21.1 Å². The van der Waals surface area contributed by atoms with E-state index in [1.807, 2.05) is 13.8 Å². The highest BCUT2D eigenvalue weighted by Gasteiger charge is 2.23. The zero-order valence-electron chi connectivity index (χ0n) is 14.5. The molecule has 0 bridgehead atoms. The van der Waals surface area contributed by atoms with E-state index in [0.717, 1.165) is 17.4 Å². The summed E-state index contributed by atoms with van der Waals surface area (Å²) in [6, 6.07) is 0. The molecule has 0 N–H and O–H groups in total. The standard InChI is InChI=1S/C15H25N5O3/c1-6-8-20(23,9-7-2)10-11-16-13-12(17(11)3)14(21)19(5)15(22)18(13)4/h6-10H2,1-5H3. The van der Waals surface area contributed by atoms with Crippen molar-refractivity contribution in [1.82, 2.24) is 18.7 Å². The van der Waals surface area contributed by atoms with E-state index in [-0.39, 0.29) is 16.8 Å². The van der Waals surface area contributed by atoms with Crippen LogP contribution in [0.4, 0.5) is 0 Å². The molecule has 128 valence electrons. The molecule has 0 aliphatic heterocycles. The fourth-order valence-corrected chi connectivity index (χ4v) is 3.05. The third kappa shape index (κ3) is 2.96. The van der Waals surface area contributed by atoms with Crippen molar-refractivity contribution in [1.29, 1.82) is 0 Å². The predicted molar refractivity (Wildman–Crippen MR) is 88.8 cm³/mol. The number of fused-ring (bicyclic) bond motifs is 1. The van der Waals surface area contributed by atoms with E-state index in [1.165, 1.54) is 11.6 Å². The fraction of sp³-hybridized carbons (Fsp3) is 0.667. The number of quaternary nitrogens is 1. The molecule has 23 heavy (non-hydrogen) atoms. The topological polar surface area (TPSA) is 84.9 Å². The molecule has 0 aliphatic rings. The Morgan fingerprint density at radius 1 is 1.00 bits per heavy atom.